The molecule has 3 nitrogen and oxygen atoms in total. The molecule has 0 radical (unpaired) electrons. The summed E-state index contributed by atoms with van der Waals surface area (Å²) in [5.41, 5.74) is 3.25. The minimum atomic E-state index is -0.358. The largest absolute Gasteiger partial charge is 0.370 e. The first-order valence-electron chi connectivity index (χ1n) is 8.38. The van der Waals surface area contributed by atoms with Crippen LogP contribution in [0.4, 0.5) is 5.69 Å². The van der Waals surface area contributed by atoms with Gasteiger partial charge in [0.05, 0.1) is 0 Å². The zero-order chi connectivity index (χ0) is 16.7. The first kappa shape index (κ1) is 17.1. The Hall–Kier alpha value is -2.29. The lowest BCUT2D eigenvalue weighted by Gasteiger charge is -2.27. The van der Waals surface area contributed by atoms with Crippen LogP contribution >= 0.6 is 0 Å². The second-order valence-electron chi connectivity index (χ2n) is 5.55. The summed E-state index contributed by atoms with van der Waals surface area (Å²) in [6, 6.07) is 17.9. The Bertz CT molecular complexity index is 603. The van der Waals surface area contributed by atoms with Crippen LogP contribution in [0.2, 0.25) is 0 Å². The smallest absolute Gasteiger partial charge is 0.249 e. The highest BCUT2D eigenvalue weighted by atomic mass is 16.2. The number of carbonyl (C=O) groups is 1. The zero-order valence-corrected chi connectivity index (χ0v) is 14.3. The van der Waals surface area contributed by atoms with Crippen molar-refractivity contribution in [1.82, 2.24) is 4.90 Å². The third-order valence-corrected chi connectivity index (χ3v) is 4.13. The van der Waals surface area contributed by atoms with Crippen LogP contribution in [-0.2, 0) is 11.2 Å². The Morgan fingerprint density at radius 1 is 0.957 bits per heavy atom. The fourth-order valence-electron chi connectivity index (χ4n) is 2.65. The molecule has 23 heavy (non-hydrogen) atoms. The van der Waals surface area contributed by atoms with Crippen molar-refractivity contribution in [2.24, 2.45) is 0 Å². The van der Waals surface area contributed by atoms with Crippen LogP contribution in [0.3, 0.4) is 0 Å². The van der Waals surface area contributed by atoms with Crippen molar-refractivity contribution in [1.29, 1.82) is 0 Å². The van der Waals surface area contributed by atoms with Gasteiger partial charge in [0.2, 0.25) is 5.91 Å². The molecule has 1 unspecified atom stereocenters. The van der Waals surface area contributed by atoms with Crippen molar-refractivity contribution in [2.45, 2.75) is 33.2 Å². The highest BCUT2D eigenvalue weighted by Crippen LogP contribution is 2.22. The molecule has 2 rings (SSSR count). The van der Waals surface area contributed by atoms with E-state index in [0.717, 1.165) is 30.8 Å². The summed E-state index contributed by atoms with van der Waals surface area (Å²) < 4.78 is 0. The van der Waals surface area contributed by atoms with Crippen molar-refractivity contribution in [3.63, 3.8) is 0 Å². The number of aryl methyl sites for hydroxylation is 1. The van der Waals surface area contributed by atoms with Crippen molar-refractivity contribution in [2.75, 3.05) is 18.4 Å². The van der Waals surface area contributed by atoms with Gasteiger partial charge in [-0.25, -0.2) is 0 Å². The molecule has 1 N–H and O–H groups in total. The highest BCUT2D eigenvalue weighted by Gasteiger charge is 2.24. The van der Waals surface area contributed by atoms with Crippen molar-refractivity contribution in [3.05, 3.63) is 65.7 Å². The number of nitrogens with zero attached hydrogens (tertiary/aromatic N) is 1. The number of anilines is 1. The van der Waals surface area contributed by atoms with E-state index in [1.165, 1.54) is 5.56 Å². The van der Waals surface area contributed by atoms with E-state index in [9.17, 15) is 4.79 Å². The molecule has 1 atom stereocenters. The van der Waals surface area contributed by atoms with E-state index in [1.54, 1.807) is 0 Å². The lowest BCUT2D eigenvalue weighted by Crippen LogP contribution is -2.37. The maximum Gasteiger partial charge on any atom is 0.249 e. The van der Waals surface area contributed by atoms with Gasteiger partial charge < -0.3 is 10.2 Å². The van der Waals surface area contributed by atoms with Gasteiger partial charge in [-0.3, -0.25) is 4.79 Å². The third kappa shape index (κ3) is 4.35. The normalized spacial score (nSPS) is 11.8. The molecule has 0 aromatic heterocycles. The summed E-state index contributed by atoms with van der Waals surface area (Å²) in [4.78, 5) is 14.8. The molecule has 0 spiro atoms. The van der Waals surface area contributed by atoms with E-state index in [0.29, 0.717) is 0 Å². The lowest BCUT2D eigenvalue weighted by molar-refractivity contribution is -0.131. The molecule has 0 aliphatic carbocycles. The molecule has 0 bridgehead atoms. The minimum absolute atomic E-state index is 0.112. The van der Waals surface area contributed by atoms with Crippen molar-refractivity contribution < 1.29 is 4.79 Å². The van der Waals surface area contributed by atoms with E-state index in [2.05, 4.69) is 24.4 Å². The maximum absolute atomic E-state index is 12.9. The second kappa shape index (κ2) is 8.37. The van der Waals surface area contributed by atoms with Gasteiger partial charge in [0.25, 0.3) is 0 Å². The SMILES string of the molecule is CCc1ccc(NC(C(=O)N(CC)CC)c2ccccc2)cc1. The first-order valence-corrected chi connectivity index (χ1v) is 8.38. The molecule has 0 aliphatic heterocycles. The average Bonchev–Trinajstić information content (AvgIpc) is 2.62. The number of hydrogen-bond acceptors (Lipinski definition) is 2. The van der Waals surface area contributed by atoms with Gasteiger partial charge in [-0.1, -0.05) is 49.4 Å². The average molecular weight is 310 g/mol. The van der Waals surface area contributed by atoms with Crippen LogP contribution in [-0.4, -0.2) is 23.9 Å². The zero-order valence-electron chi connectivity index (χ0n) is 14.3. The number of likely N-dealkylation sites (N-methyl/N-ethyl adjacent to an activating group) is 1. The number of amides is 1. The molecule has 0 aliphatic rings. The summed E-state index contributed by atoms with van der Waals surface area (Å²) in [7, 11) is 0. The second-order valence-corrected chi connectivity index (χ2v) is 5.55. The highest BCUT2D eigenvalue weighted by molar-refractivity contribution is 5.86. The number of hydrogen-bond donors (Lipinski definition) is 1. The van der Waals surface area contributed by atoms with Gasteiger partial charge in [-0.05, 0) is 43.5 Å². The van der Waals surface area contributed by atoms with Crippen molar-refractivity contribution in [3.8, 4) is 0 Å². The van der Waals surface area contributed by atoms with Gasteiger partial charge in [-0.15, -0.1) is 0 Å². The summed E-state index contributed by atoms with van der Waals surface area (Å²) in [6.45, 7) is 7.60. The molecule has 0 saturated heterocycles. The number of carbonyl (C=O) groups excluding carboxylic acids is 1. The Kier molecular flexibility index (Phi) is 6.21. The van der Waals surface area contributed by atoms with Crippen molar-refractivity contribution >= 4 is 11.6 Å². The van der Waals surface area contributed by atoms with E-state index in [1.807, 2.05) is 61.2 Å². The van der Waals surface area contributed by atoms with Gasteiger partial charge in [0.15, 0.2) is 0 Å². The monoisotopic (exact) mass is 310 g/mol. The van der Waals surface area contributed by atoms with Crippen LogP contribution in [0.5, 0.6) is 0 Å². The molecule has 1 amide bonds. The van der Waals surface area contributed by atoms with Crippen LogP contribution in [0, 0.1) is 0 Å². The molecule has 2 aromatic carbocycles. The van der Waals surface area contributed by atoms with Crippen LogP contribution in [0.25, 0.3) is 0 Å². The fourth-order valence-corrected chi connectivity index (χ4v) is 2.65. The van der Waals surface area contributed by atoms with E-state index in [4.69, 9.17) is 0 Å². The Labute approximate surface area is 139 Å². The molecular formula is C20H26N2O. The van der Waals surface area contributed by atoms with Gasteiger partial charge in [0, 0.05) is 18.8 Å². The van der Waals surface area contributed by atoms with E-state index in [-0.39, 0.29) is 11.9 Å². The number of benzene rings is 2. The van der Waals surface area contributed by atoms with E-state index < -0.39 is 0 Å². The molecule has 3 heteroatoms. The Morgan fingerprint density at radius 2 is 1.57 bits per heavy atom. The number of nitrogens with one attached hydrogen (secondary N) is 1. The fraction of sp³-hybridized carbons (Fsp3) is 0.350. The quantitative estimate of drug-likeness (QED) is 0.828. The maximum atomic E-state index is 12.9. The Balaban J connectivity index is 2.27. The van der Waals surface area contributed by atoms with E-state index >= 15 is 0 Å². The molecule has 0 saturated carbocycles. The lowest BCUT2D eigenvalue weighted by atomic mass is 10.0. The molecule has 2 aromatic rings. The van der Waals surface area contributed by atoms with Crippen LogP contribution in [0.15, 0.2) is 54.6 Å². The summed E-state index contributed by atoms with van der Waals surface area (Å²) in [5.74, 6) is 0.112. The summed E-state index contributed by atoms with van der Waals surface area (Å²) in [6.07, 6.45) is 1.01. The predicted octanol–water partition coefficient (Wildman–Crippen LogP) is 4.27. The minimum Gasteiger partial charge on any atom is -0.370 e. The summed E-state index contributed by atoms with van der Waals surface area (Å²) >= 11 is 0. The first-order chi connectivity index (χ1) is 11.2. The Morgan fingerprint density at radius 3 is 2.09 bits per heavy atom. The topological polar surface area (TPSA) is 32.3 Å². The summed E-state index contributed by atoms with van der Waals surface area (Å²) in [5, 5.41) is 3.40. The molecular weight excluding hydrogens is 284 g/mol. The number of rotatable bonds is 7. The molecule has 0 fully saturated rings. The standard InChI is InChI=1S/C20H26N2O/c1-4-16-12-14-18(15-13-16)21-19(17-10-8-7-9-11-17)20(23)22(5-2)6-3/h7-15,19,21H,4-6H2,1-3H3. The van der Waals surface area contributed by atoms with Gasteiger partial charge in [0.1, 0.15) is 6.04 Å². The molecule has 0 heterocycles. The van der Waals surface area contributed by atoms with Crippen LogP contribution in [0.1, 0.15) is 37.9 Å². The third-order valence-electron chi connectivity index (χ3n) is 4.13. The van der Waals surface area contributed by atoms with Gasteiger partial charge >= 0.3 is 0 Å². The predicted molar refractivity (Wildman–Crippen MR) is 96.6 cm³/mol. The van der Waals surface area contributed by atoms with Crippen LogP contribution < -0.4 is 5.32 Å². The van der Waals surface area contributed by atoms with Gasteiger partial charge in [-0.2, -0.15) is 0 Å². The molecule has 122 valence electrons.